The van der Waals surface area contributed by atoms with Gasteiger partial charge in [0.05, 0.1) is 17.7 Å². The van der Waals surface area contributed by atoms with E-state index in [0.29, 0.717) is 24.8 Å². The summed E-state index contributed by atoms with van der Waals surface area (Å²) >= 11 is 5.74. The van der Waals surface area contributed by atoms with Gasteiger partial charge in [0.1, 0.15) is 5.15 Å². The molecule has 10 heteroatoms. The second kappa shape index (κ2) is 7.28. The number of aliphatic imine (C=N–C) groups is 1. The predicted octanol–water partition coefficient (Wildman–Crippen LogP) is 2.75. The van der Waals surface area contributed by atoms with Gasteiger partial charge in [0.15, 0.2) is 0 Å². The van der Waals surface area contributed by atoms with Gasteiger partial charge in [-0.1, -0.05) is 17.7 Å². The molecule has 0 radical (unpaired) electrons. The van der Waals surface area contributed by atoms with Gasteiger partial charge in [0.25, 0.3) is 5.91 Å². The van der Waals surface area contributed by atoms with Crippen LogP contribution in [0, 0.1) is 0 Å². The van der Waals surface area contributed by atoms with Gasteiger partial charge in [-0.3, -0.25) is 20.1 Å². The summed E-state index contributed by atoms with van der Waals surface area (Å²) in [6, 6.07) is 4.17. The summed E-state index contributed by atoms with van der Waals surface area (Å²) in [6.07, 6.45) is -1.18. The molecule has 1 aliphatic rings. The van der Waals surface area contributed by atoms with Crippen LogP contribution in [-0.2, 0) is 12.7 Å². The summed E-state index contributed by atoms with van der Waals surface area (Å²) in [5, 5.41) is 2.80. The van der Waals surface area contributed by atoms with Crippen LogP contribution in [0.3, 0.4) is 0 Å². The Morgan fingerprint density at radius 2 is 2.08 bits per heavy atom. The van der Waals surface area contributed by atoms with E-state index in [-0.39, 0.29) is 5.96 Å². The summed E-state index contributed by atoms with van der Waals surface area (Å²) in [6.45, 7) is 1.34. The van der Waals surface area contributed by atoms with Gasteiger partial charge in [-0.25, -0.2) is 4.98 Å². The number of alkyl halides is 3. The van der Waals surface area contributed by atoms with Gasteiger partial charge in [-0.05, 0) is 17.7 Å². The summed E-state index contributed by atoms with van der Waals surface area (Å²) in [5.41, 5.74) is -0.768. The number of carbonyl (C=O) groups excluding carboxylic acids is 1. The lowest BCUT2D eigenvalue weighted by Crippen LogP contribution is -2.41. The van der Waals surface area contributed by atoms with Crippen LogP contribution < -0.4 is 5.32 Å². The van der Waals surface area contributed by atoms with Gasteiger partial charge in [-0.2, -0.15) is 13.2 Å². The molecule has 0 spiro atoms. The van der Waals surface area contributed by atoms with Crippen molar-refractivity contribution in [3.63, 3.8) is 0 Å². The van der Waals surface area contributed by atoms with Gasteiger partial charge in [0.2, 0.25) is 5.96 Å². The molecule has 3 rings (SSSR count). The van der Waals surface area contributed by atoms with Gasteiger partial charge in [0, 0.05) is 31.7 Å². The smallest absolute Gasteiger partial charge is 0.336 e. The third-order valence-corrected chi connectivity index (χ3v) is 3.91. The average Bonchev–Trinajstić information content (AvgIpc) is 3.03. The quantitative estimate of drug-likeness (QED) is 0.827. The van der Waals surface area contributed by atoms with Crippen molar-refractivity contribution in [2.24, 2.45) is 4.99 Å². The van der Waals surface area contributed by atoms with Crippen LogP contribution in [0.5, 0.6) is 0 Å². The minimum absolute atomic E-state index is 0.210. The Bertz CT molecular complexity index is 839. The first-order chi connectivity index (χ1) is 12.3. The molecule has 0 saturated carbocycles. The fourth-order valence-corrected chi connectivity index (χ4v) is 2.58. The number of nitrogens with zero attached hydrogens (tertiary/aromatic N) is 4. The molecular weight excluding hydrogens is 371 g/mol. The molecule has 0 fully saturated rings. The van der Waals surface area contributed by atoms with E-state index in [2.05, 4.69) is 20.3 Å². The first kappa shape index (κ1) is 18.1. The third-order valence-electron chi connectivity index (χ3n) is 3.69. The fraction of sp³-hybridized carbons (Fsp3) is 0.250. The summed E-state index contributed by atoms with van der Waals surface area (Å²) in [7, 11) is 0. The summed E-state index contributed by atoms with van der Waals surface area (Å²) in [5.74, 6) is -0.702. The van der Waals surface area contributed by atoms with E-state index in [1.54, 1.807) is 23.2 Å². The zero-order valence-corrected chi connectivity index (χ0v) is 14.1. The largest absolute Gasteiger partial charge is 0.417 e. The Morgan fingerprint density at radius 3 is 2.77 bits per heavy atom. The number of guanidine groups is 1. The van der Waals surface area contributed by atoms with Crippen LogP contribution in [0.4, 0.5) is 13.2 Å². The lowest BCUT2D eigenvalue weighted by atomic mass is 10.1. The van der Waals surface area contributed by atoms with Gasteiger partial charge in [-0.15, -0.1) is 0 Å². The molecule has 136 valence electrons. The van der Waals surface area contributed by atoms with E-state index >= 15 is 0 Å². The monoisotopic (exact) mass is 383 g/mol. The molecule has 1 amide bonds. The van der Waals surface area contributed by atoms with Crippen LogP contribution in [0.1, 0.15) is 21.5 Å². The standard InChI is InChI=1S/C16H13ClF3N5O/c17-13-2-1-10(7-23-13)9-25-6-5-22-15(25)24-14(26)11-8-21-4-3-12(11)16(18,19)20/h1-4,7-8H,5-6,9H2,(H,22,24,26). The summed E-state index contributed by atoms with van der Waals surface area (Å²) in [4.78, 5) is 25.8. The maximum absolute atomic E-state index is 13.1. The van der Waals surface area contributed by atoms with Crippen LogP contribution in [0.15, 0.2) is 41.8 Å². The van der Waals surface area contributed by atoms with Gasteiger partial charge < -0.3 is 4.90 Å². The molecule has 2 aromatic rings. The molecule has 0 bridgehead atoms. The van der Waals surface area contributed by atoms with E-state index in [1.165, 1.54) is 0 Å². The lowest BCUT2D eigenvalue weighted by molar-refractivity contribution is -0.138. The molecule has 0 aromatic carbocycles. The number of aromatic nitrogens is 2. The second-order valence-electron chi connectivity index (χ2n) is 5.49. The Balaban J connectivity index is 1.74. The van der Waals surface area contributed by atoms with Crippen molar-refractivity contribution in [2.45, 2.75) is 12.7 Å². The molecule has 26 heavy (non-hydrogen) atoms. The highest BCUT2D eigenvalue weighted by Gasteiger charge is 2.35. The SMILES string of the molecule is O=C(NC1=NCCN1Cc1ccc(Cl)nc1)c1cnccc1C(F)(F)F. The molecule has 6 nitrogen and oxygen atoms in total. The number of amides is 1. The van der Waals surface area contributed by atoms with Crippen LogP contribution in [0.2, 0.25) is 5.15 Å². The third kappa shape index (κ3) is 4.10. The Kier molecular flexibility index (Phi) is 5.08. The van der Waals surface area contributed by atoms with E-state index in [9.17, 15) is 18.0 Å². The maximum Gasteiger partial charge on any atom is 0.417 e. The minimum Gasteiger partial charge on any atom is -0.336 e. The van der Waals surface area contributed by atoms with Crippen molar-refractivity contribution in [1.29, 1.82) is 0 Å². The van der Waals surface area contributed by atoms with Crippen LogP contribution >= 0.6 is 11.6 Å². The van der Waals surface area contributed by atoms with Crippen LogP contribution in [0.25, 0.3) is 0 Å². The molecule has 0 saturated heterocycles. The predicted molar refractivity (Wildman–Crippen MR) is 88.7 cm³/mol. The molecule has 0 aliphatic carbocycles. The van der Waals surface area contributed by atoms with E-state index in [1.807, 2.05) is 0 Å². The molecule has 0 unspecified atom stereocenters. The zero-order valence-electron chi connectivity index (χ0n) is 13.3. The maximum atomic E-state index is 13.1. The van der Waals surface area contributed by atoms with Crippen molar-refractivity contribution in [3.05, 3.63) is 58.6 Å². The van der Waals surface area contributed by atoms with Crippen molar-refractivity contribution in [2.75, 3.05) is 13.1 Å². The van der Waals surface area contributed by atoms with E-state index in [4.69, 9.17) is 11.6 Å². The molecule has 1 N–H and O–H groups in total. The van der Waals surface area contributed by atoms with E-state index < -0.39 is 23.2 Å². The minimum atomic E-state index is -4.65. The van der Waals surface area contributed by atoms with Crippen molar-refractivity contribution < 1.29 is 18.0 Å². The Morgan fingerprint density at radius 1 is 1.27 bits per heavy atom. The number of hydrogen-bond acceptors (Lipinski definition) is 5. The molecule has 0 atom stereocenters. The normalized spacial score (nSPS) is 14.3. The second-order valence-corrected chi connectivity index (χ2v) is 5.88. The lowest BCUT2D eigenvalue weighted by Gasteiger charge is -2.21. The Hall–Kier alpha value is -2.68. The zero-order chi connectivity index (χ0) is 18.7. The number of rotatable bonds is 3. The van der Waals surface area contributed by atoms with Crippen LogP contribution in [-0.4, -0.2) is 39.8 Å². The first-order valence-corrected chi connectivity index (χ1v) is 7.95. The number of nitrogens with one attached hydrogen (secondary N) is 1. The number of hydrogen-bond donors (Lipinski definition) is 1. The highest BCUT2D eigenvalue weighted by molar-refractivity contribution is 6.29. The van der Waals surface area contributed by atoms with Crippen molar-refractivity contribution in [1.82, 2.24) is 20.2 Å². The first-order valence-electron chi connectivity index (χ1n) is 7.57. The molecular formula is C16H13ClF3N5O. The average molecular weight is 384 g/mol. The van der Waals surface area contributed by atoms with Crippen molar-refractivity contribution >= 4 is 23.5 Å². The van der Waals surface area contributed by atoms with Crippen molar-refractivity contribution in [3.8, 4) is 0 Å². The summed E-state index contributed by atoms with van der Waals surface area (Å²) < 4.78 is 39.2. The highest BCUT2D eigenvalue weighted by Crippen LogP contribution is 2.31. The fourth-order valence-electron chi connectivity index (χ4n) is 2.47. The number of halogens is 4. The van der Waals surface area contributed by atoms with Gasteiger partial charge >= 0.3 is 6.18 Å². The highest BCUT2D eigenvalue weighted by atomic mass is 35.5. The number of pyridine rings is 2. The topological polar surface area (TPSA) is 70.5 Å². The number of carbonyl (C=O) groups is 1. The molecule has 1 aliphatic heterocycles. The van der Waals surface area contributed by atoms with E-state index in [0.717, 1.165) is 24.0 Å². The molecule has 2 aromatic heterocycles. The molecule has 3 heterocycles. The Labute approximate surface area is 151 Å².